The van der Waals surface area contributed by atoms with Crippen LogP contribution >= 0.6 is 0 Å². The van der Waals surface area contributed by atoms with Gasteiger partial charge < -0.3 is 31.9 Å². The van der Waals surface area contributed by atoms with Crippen molar-refractivity contribution in [2.45, 2.75) is 0 Å². The molecule has 0 fully saturated rings. The molecular weight excluding hydrogens is 604 g/mol. The standard InChI is InChI=1S/C10H11NO5S.C10H12O6S.H3NO4S/c1-11-7-5-8(14-2)10(9(6-7)15-3)16-17(4,12)13;1-14-8-4-7(6-11)5-9(15-2)10(8)16-17(3,12)13;1-4-5-6(2)3/h5-6H,2-4H3;4-6H,1-3H3;1H2,(H,2,3)/p-1. The molecule has 2 aromatic carbocycles. The molecule has 0 saturated carbocycles. The molecule has 224 valence electrons. The van der Waals surface area contributed by atoms with Crippen LogP contribution in [-0.4, -0.2) is 72.8 Å². The van der Waals surface area contributed by atoms with Gasteiger partial charge in [0, 0.05) is 5.56 Å². The maximum atomic E-state index is 11.1. The molecule has 0 bridgehead atoms. The lowest BCUT2D eigenvalue weighted by Gasteiger charge is -2.13. The summed E-state index contributed by atoms with van der Waals surface area (Å²) in [6.45, 7) is 6.89. The number of hydrogen-bond donors (Lipinski definition) is 1. The van der Waals surface area contributed by atoms with Crippen molar-refractivity contribution in [3.05, 3.63) is 41.2 Å². The lowest BCUT2D eigenvalue weighted by molar-refractivity contribution is -0.207. The Kier molecular flexibility index (Phi) is 15.5. The Labute approximate surface area is 233 Å². The molecular formula is C20H25N2O15S3-. The summed E-state index contributed by atoms with van der Waals surface area (Å²) in [5, 5.41) is 0. The van der Waals surface area contributed by atoms with Crippen molar-refractivity contribution in [3.63, 3.8) is 0 Å². The molecule has 2 rings (SSSR count). The lowest BCUT2D eigenvalue weighted by atomic mass is 10.2. The van der Waals surface area contributed by atoms with Crippen molar-refractivity contribution in [3.8, 4) is 34.5 Å². The predicted molar refractivity (Wildman–Crippen MR) is 137 cm³/mol. The van der Waals surface area contributed by atoms with Crippen molar-refractivity contribution in [2.75, 3.05) is 41.0 Å². The summed E-state index contributed by atoms with van der Waals surface area (Å²) in [5.74, 6) is 4.44. The Morgan fingerprint density at radius 1 is 0.825 bits per heavy atom. The highest BCUT2D eigenvalue weighted by molar-refractivity contribution is 7.86. The Morgan fingerprint density at radius 3 is 1.38 bits per heavy atom. The minimum absolute atomic E-state index is 0.0649. The summed E-state index contributed by atoms with van der Waals surface area (Å²) >= 11 is -2.66. The average Bonchev–Trinajstić information content (AvgIpc) is 2.87. The van der Waals surface area contributed by atoms with E-state index >= 15 is 0 Å². The first-order valence-electron chi connectivity index (χ1n) is 9.86. The fourth-order valence-electron chi connectivity index (χ4n) is 2.40. The van der Waals surface area contributed by atoms with E-state index in [0.717, 1.165) is 12.5 Å². The molecule has 2 N–H and O–H groups in total. The second-order valence-corrected chi connectivity index (χ2v) is 10.3. The van der Waals surface area contributed by atoms with Crippen LogP contribution in [-0.2, 0) is 40.9 Å². The molecule has 0 aliphatic carbocycles. The van der Waals surface area contributed by atoms with Crippen LogP contribution in [0.5, 0.6) is 34.5 Å². The van der Waals surface area contributed by atoms with E-state index in [1.807, 2.05) is 0 Å². The van der Waals surface area contributed by atoms with Crippen LogP contribution < -0.4 is 33.2 Å². The molecule has 0 aromatic heterocycles. The molecule has 0 aliphatic rings. The smallest absolute Gasteiger partial charge is 0.306 e. The maximum Gasteiger partial charge on any atom is 0.306 e. The zero-order valence-corrected chi connectivity index (χ0v) is 24.2. The fraction of sp³-hybridized carbons (Fsp3) is 0.300. The van der Waals surface area contributed by atoms with Gasteiger partial charge in [-0.1, -0.05) is 0 Å². The normalized spacial score (nSPS) is 11.2. The molecule has 0 heterocycles. The van der Waals surface area contributed by atoms with Gasteiger partial charge >= 0.3 is 20.2 Å². The van der Waals surface area contributed by atoms with E-state index in [9.17, 15) is 30.4 Å². The van der Waals surface area contributed by atoms with Gasteiger partial charge in [0.25, 0.3) is 0 Å². The van der Waals surface area contributed by atoms with Gasteiger partial charge in [-0.05, 0) is 24.3 Å². The molecule has 40 heavy (non-hydrogen) atoms. The van der Waals surface area contributed by atoms with Crippen LogP contribution in [0.2, 0.25) is 0 Å². The SMILES string of the molecule is COc1cc(C=O)cc(OC)c1OS(C)(=O)=O.NOOS(=O)[O-].[C-]#[N+]c1cc(OC)c(OS(C)(=O)=O)c(OC)c1. The van der Waals surface area contributed by atoms with Crippen molar-refractivity contribution in [1.29, 1.82) is 0 Å². The van der Waals surface area contributed by atoms with E-state index in [-0.39, 0.29) is 40.2 Å². The minimum Gasteiger partial charge on any atom is -0.747 e. The van der Waals surface area contributed by atoms with Gasteiger partial charge in [-0.2, -0.15) is 22.7 Å². The molecule has 2 aromatic rings. The third-order valence-electron chi connectivity index (χ3n) is 3.76. The Hall–Kier alpha value is -3.71. The second kappa shape index (κ2) is 17.1. The third-order valence-corrected chi connectivity index (χ3v) is 4.89. The number of nitrogens with two attached hydrogens (primary N) is 1. The summed E-state index contributed by atoms with van der Waals surface area (Å²) in [6.07, 6.45) is 2.41. The largest absolute Gasteiger partial charge is 0.747 e. The average molecular weight is 630 g/mol. The van der Waals surface area contributed by atoms with Crippen LogP contribution in [0.1, 0.15) is 10.4 Å². The number of aldehydes is 1. The first-order valence-corrected chi connectivity index (χ1v) is 14.5. The van der Waals surface area contributed by atoms with Crippen molar-refractivity contribution < 1.29 is 67.0 Å². The van der Waals surface area contributed by atoms with Crippen molar-refractivity contribution in [2.24, 2.45) is 5.90 Å². The molecule has 20 heteroatoms. The summed E-state index contributed by atoms with van der Waals surface area (Å²) in [4.78, 5) is 17.1. The Morgan fingerprint density at radius 2 is 1.18 bits per heavy atom. The van der Waals surface area contributed by atoms with E-state index in [2.05, 4.69) is 20.1 Å². The van der Waals surface area contributed by atoms with Gasteiger partial charge in [0.2, 0.25) is 11.5 Å². The van der Waals surface area contributed by atoms with Crippen LogP contribution in [0.25, 0.3) is 4.85 Å². The molecule has 0 aliphatic heterocycles. The number of carbonyl (C=O) groups is 1. The fourth-order valence-corrected chi connectivity index (χ4v) is 3.40. The quantitative estimate of drug-likeness (QED) is 0.0914. The number of rotatable bonds is 11. The molecule has 0 radical (unpaired) electrons. The molecule has 0 saturated heterocycles. The summed E-state index contributed by atoms with van der Waals surface area (Å²) in [6, 6.07) is 5.46. The van der Waals surface area contributed by atoms with Crippen LogP contribution in [0.3, 0.4) is 0 Å². The highest BCUT2D eigenvalue weighted by atomic mass is 32.2. The van der Waals surface area contributed by atoms with Crippen LogP contribution in [0.4, 0.5) is 5.69 Å². The van der Waals surface area contributed by atoms with E-state index in [1.54, 1.807) is 0 Å². The van der Waals surface area contributed by atoms with Crippen molar-refractivity contribution >= 4 is 43.6 Å². The third kappa shape index (κ3) is 13.4. The molecule has 17 nitrogen and oxygen atoms in total. The number of hydrogen-bond acceptors (Lipinski definition) is 16. The van der Waals surface area contributed by atoms with Crippen LogP contribution in [0, 0.1) is 6.57 Å². The zero-order valence-electron chi connectivity index (χ0n) is 21.8. The van der Waals surface area contributed by atoms with Gasteiger partial charge in [-0.3, -0.25) is 4.79 Å². The van der Waals surface area contributed by atoms with Gasteiger partial charge in [0.15, 0.2) is 28.7 Å². The first kappa shape index (κ1) is 36.3. The van der Waals surface area contributed by atoms with Gasteiger partial charge in [-0.25, -0.2) is 9.05 Å². The molecule has 1 unspecified atom stereocenters. The Bertz CT molecular complexity index is 1370. The Balaban J connectivity index is 0.000000634. The number of ether oxygens (including phenoxy) is 4. The van der Waals surface area contributed by atoms with Crippen molar-refractivity contribution in [1.82, 2.24) is 0 Å². The van der Waals surface area contributed by atoms with Crippen LogP contribution in [0.15, 0.2) is 24.3 Å². The van der Waals surface area contributed by atoms with Gasteiger partial charge in [0.1, 0.15) is 17.6 Å². The highest BCUT2D eigenvalue weighted by Gasteiger charge is 2.19. The minimum atomic E-state index is -3.71. The first-order chi connectivity index (χ1) is 18.6. The predicted octanol–water partition coefficient (Wildman–Crippen LogP) is 1.05. The second-order valence-electron chi connectivity index (χ2n) is 6.61. The zero-order chi connectivity index (χ0) is 31.1. The number of benzene rings is 2. The number of methoxy groups -OCH3 is 4. The summed E-state index contributed by atoms with van der Waals surface area (Å²) in [5.41, 5.74) is 0.555. The molecule has 0 amide bonds. The summed E-state index contributed by atoms with van der Waals surface area (Å²) < 4.78 is 95.3. The number of carbonyl (C=O) groups excluding carboxylic acids is 1. The molecule has 0 spiro atoms. The summed E-state index contributed by atoms with van der Waals surface area (Å²) in [7, 11) is -2.06. The monoisotopic (exact) mass is 629 g/mol. The topological polar surface area (TPSA) is 230 Å². The van der Waals surface area contributed by atoms with Gasteiger partial charge in [0.05, 0.1) is 47.5 Å². The van der Waals surface area contributed by atoms with E-state index in [4.69, 9.17) is 33.9 Å². The van der Waals surface area contributed by atoms with E-state index in [0.29, 0.717) is 11.8 Å². The number of nitrogens with zero attached hydrogens (tertiary/aromatic N) is 1. The molecule has 1 atom stereocenters. The maximum absolute atomic E-state index is 11.1. The van der Waals surface area contributed by atoms with E-state index in [1.165, 1.54) is 52.7 Å². The highest BCUT2D eigenvalue weighted by Crippen LogP contribution is 2.42. The van der Waals surface area contributed by atoms with Gasteiger partial charge in [-0.15, -0.1) is 9.32 Å². The van der Waals surface area contributed by atoms with E-state index < -0.39 is 31.6 Å². The lowest BCUT2D eigenvalue weighted by Crippen LogP contribution is -2.08.